The summed E-state index contributed by atoms with van der Waals surface area (Å²) in [7, 11) is 3.35. The van der Waals surface area contributed by atoms with Gasteiger partial charge in [-0.05, 0) is 43.2 Å². The van der Waals surface area contributed by atoms with Gasteiger partial charge in [-0.2, -0.15) is 5.10 Å². The van der Waals surface area contributed by atoms with Crippen LogP contribution in [0.15, 0.2) is 60.9 Å². The van der Waals surface area contributed by atoms with Crippen molar-refractivity contribution < 1.29 is 9.13 Å². The normalized spacial score (nSPS) is 11.9. The van der Waals surface area contributed by atoms with E-state index in [9.17, 15) is 4.39 Å². The Hall–Kier alpha value is -3.74. The third kappa shape index (κ3) is 4.40. The van der Waals surface area contributed by atoms with Gasteiger partial charge in [-0.25, -0.2) is 14.4 Å². The minimum absolute atomic E-state index is 0.0195. The van der Waals surface area contributed by atoms with Crippen LogP contribution in [0.25, 0.3) is 22.4 Å². The lowest BCUT2D eigenvalue weighted by Gasteiger charge is -2.17. The lowest BCUT2D eigenvalue weighted by Crippen LogP contribution is -2.09. The Bertz CT molecular complexity index is 1220. The van der Waals surface area contributed by atoms with Crippen molar-refractivity contribution in [3.05, 3.63) is 78.1 Å². The Labute approximate surface area is 180 Å². The molecule has 4 aromatic rings. The number of aryl methyl sites for hydroxylation is 2. The van der Waals surface area contributed by atoms with E-state index >= 15 is 0 Å². The summed E-state index contributed by atoms with van der Waals surface area (Å²) < 4.78 is 21.6. The van der Waals surface area contributed by atoms with Crippen LogP contribution in [0.3, 0.4) is 0 Å². The Morgan fingerprint density at radius 2 is 1.87 bits per heavy atom. The maximum Gasteiger partial charge on any atom is 0.174 e. The van der Waals surface area contributed by atoms with Crippen LogP contribution < -0.4 is 10.1 Å². The number of rotatable bonds is 6. The van der Waals surface area contributed by atoms with Gasteiger partial charge in [-0.1, -0.05) is 24.3 Å². The standard InChI is InChI=1S/C24H24FN5O/c1-15(17-7-5-8-18(11-17)19-13-26-30(3)14-19)27-23-12-21(28-16(2)29-23)20-9-6-10-22(31-4)24(20)25/h5-15H,1-4H3,(H,27,28,29). The fourth-order valence-corrected chi connectivity index (χ4v) is 3.51. The Morgan fingerprint density at radius 1 is 1.06 bits per heavy atom. The van der Waals surface area contributed by atoms with Crippen LogP contribution in [0.4, 0.5) is 10.2 Å². The van der Waals surface area contributed by atoms with Crippen molar-refractivity contribution in [2.24, 2.45) is 7.05 Å². The van der Waals surface area contributed by atoms with Crippen LogP contribution in [0.2, 0.25) is 0 Å². The number of hydrogen-bond donors (Lipinski definition) is 1. The van der Waals surface area contributed by atoms with Gasteiger partial charge in [0.05, 0.1) is 19.0 Å². The average Bonchev–Trinajstić information content (AvgIpc) is 3.20. The SMILES string of the molecule is COc1cccc(-c2cc(NC(C)c3cccc(-c4cnn(C)c4)c3)nc(C)n2)c1F. The molecule has 0 saturated carbocycles. The summed E-state index contributed by atoms with van der Waals surface area (Å²) in [5.41, 5.74) is 4.14. The van der Waals surface area contributed by atoms with Gasteiger partial charge in [-0.15, -0.1) is 0 Å². The maximum absolute atomic E-state index is 14.7. The average molecular weight is 417 g/mol. The summed E-state index contributed by atoms with van der Waals surface area (Å²) in [5, 5.41) is 7.66. The zero-order valence-electron chi connectivity index (χ0n) is 17.9. The van der Waals surface area contributed by atoms with Crippen molar-refractivity contribution in [3.63, 3.8) is 0 Å². The minimum Gasteiger partial charge on any atom is -0.494 e. The topological polar surface area (TPSA) is 64.9 Å². The first-order valence-electron chi connectivity index (χ1n) is 9.98. The Balaban J connectivity index is 1.62. The molecule has 4 rings (SSSR count). The molecular weight excluding hydrogens is 393 g/mol. The van der Waals surface area contributed by atoms with Crippen LogP contribution >= 0.6 is 0 Å². The number of nitrogens with zero attached hydrogens (tertiary/aromatic N) is 4. The zero-order valence-corrected chi connectivity index (χ0v) is 17.9. The Morgan fingerprint density at radius 3 is 2.61 bits per heavy atom. The third-order valence-electron chi connectivity index (χ3n) is 5.09. The highest BCUT2D eigenvalue weighted by atomic mass is 19.1. The van der Waals surface area contributed by atoms with E-state index in [2.05, 4.69) is 45.5 Å². The molecule has 1 unspecified atom stereocenters. The van der Waals surface area contributed by atoms with Gasteiger partial charge in [0.15, 0.2) is 11.6 Å². The molecule has 0 saturated heterocycles. The summed E-state index contributed by atoms with van der Waals surface area (Å²) in [5.74, 6) is 0.928. The van der Waals surface area contributed by atoms with E-state index in [1.54, 1.807) is 35.9 Å². The summed E-state index contributed by atoms with van der Waals surface area (Å²) in [6.45, 7) is 3.85. The van der Waals surface area contributed by atoms with E-state index in [-0.39, 0.29) is 11.8 Å². The lowest BCUT2D eigenvalue weighted by molar-refractivity contribution is 0.387. The molecule has 2 aromatic carbocycles. The van der Waals surface area contributed by atoms with Crippen LogP contribution in [-0.2, 0) is 7.05 Å². The predicted molar refractivity (Wildman–Crippen MR) is 119 cm³/mol. The smallest absolute Gasteiger partial charge is 0.174 e. The molecule has 6 nitrogen and oxygen atoms in total. The number of ether oxygens (including phenoxy) is 1. The zero-order chi connectivity index (χ0) is 22.0. The molecule has 0 bridgehead atoms. The van der Waals surface area contributed by atoms with E-state index < -0.39 is 5.82 Å². The third-order valence-corrected chi connectivity index (χ3v) is 5.09. The van der Waals surface area contributed by atoms with E-state index in [4.69, 9.17) is 4.74 Å². The lowest BCUT2D eigenvalue weighted by atomic mass is 10.0. The molecule has 1 atom stereocenters. The van der Waals surface area contributed by atoms with Crippen molar-refractivity contribution in [1.29, 1.82) is 0 Å². The van der Waals surface area contributed by atoms with Gasteiger partial charge in [0, 0.05) is 36.5 Å². The van der Waals surface area contributed by atoms with E-state index in [1.165, 1.54) is 7.11 Å². The first kappa shape index (κ1) is 20.5. The van der Waals surface area contributed by atoms with E-state index in [0.29, 0.717) is 22.9 Å². The van der Waals surface area contributed by atoms with Crippen molar-refractivity contribution in [1.82, 2.24) is 19.7 Å². The van der Waals surface area contributed by atoms with Gasteiger partial charge < -0.3 is 10.1 Å². The van der Waals surface area contributed by atoms with Crippen LogP contribution in [0.1, 0.15) is 24.4 Å². The predicted octanol–water partition coefficient (Wildman–Crippen LogP) is 5.17. The number of hydrogen-bond acceptors (Lipinski definition) is 5. The van der Waals surface area contributed by atoms with Gasteiger partial charge in [-0.3, -0.25) is 4.68 Å². The molecular formula is C24H24FN5O. The quantitative estimate of drug-likeness (QED) is 0.469. The summed E-state index contributed by atoms with van der Waals surface area (Å²) >= 11 is 0. The van der Waals surface area contributed by atoms with Gasteiger partial charge >= 0.3 is 0 Å². The number of aromatic nitrogens is 4. The maximum atomic E-state index is 14.7. The molecule has 1 N–H and O–H groups in total. The number of benzene rings is 2. The molecule has 2 aromatic heterocycles. The molecule has 0 spiro atoms. The van der Waals surface area contributed by atoms with E-state index in [0.717, 1.165) is 16.7 Å². The number of anilines is 1. The number of methoxy groups -OCH3 is 1. The van der Waals surface area contributed by atoms with Crippen molar-refractivity contribution in [2.75, 3.05) is 12.4 Å². The molecule has 0 amide bonds. The molecule has 2 heterocycles. The largest absolute Gasteiger partial charge is 0.494 e. The van der Waals surface area contributed by atoms with Gasteiger partial charge in [0.25, 0.3) is 0 Å². The highest BCUT2D eigenvalue weighted by Gasteiger charge is 2.15. The second-order valence-corrected chi connectivity index (χ2v) is 7.40. The first-order chi connectivity index (χ1) is 14.9. The minimum atomic E-state index is -0.439. The van der Waals surface area contributed by atoms with Gasteiger partial charge in [0.2, 0.25) is 0 Å². The molecule has 7 heteroatoms. The molecule has 0 aliphatic heterocycles. The van der Waals surface area contributed by atoms with Crippen LogP contribution in [0.5, 0.6) is 5.75 Å². The van der Waals surface area contributed by atoms with Crippen LogP contribution in [-0.4, -0.2) is 26.9 Å². The first-order valence-corrected chi connectivity index (χ1v) is 9.98. The molecule has 0 radical (unpaired) electrons. The monoisotopic (exact) mass is 417 g/mol. The highest BCUT2D eigenvalue weighted by molar-refractivity contribution is 5.66. The molecule has 0 aliphatic carbocycles. The van der Waals surface area contributed by atoms with Crippen molar-refractivity contribution in [3.8, 4) is 28.1 Å². The Kier molecular flexibility index (Phi) is 5.66. The van der Waals surface area contributed by atoms with Crippen LogP contribution in [0, 0.1) is 12.7 Å². The molecule has 31 heavy (non-hydrogen) atoms. The summed E-state index contributed by atoms with van der Waals surface area (Å²) in [6.07, 6.45) is 3.83. The summed E-state index contributed by atoms with van der Waals surface area (Å²) in [6, 6.07) is 15.0. The fourth-order valence-electron chi connectivity index (χ4n) is 3.51. The number of halogens is 1. The highest BCUT2D eigenvalue weighted by Crippen LogP contribution is 2.30. The van der Waals surface area contributed by atoms with Crippen molar-refractivity contribution in [2.45, 2.75) is 19.9 Å². The molecule has 0 fully saturated rings. The second kappa shape index (κ2) is 8.55. The fraction of sp³-hybridized carbons (Fsp3) is 0.208. The number of nitrogens with one attached hydrogen (secondary N) is 1. The summed E-state index contributed by atoms with van der Waals surface area (Å²) in [4.78, 5) is 8.91. The molecule has 0 aliphatic rings. The second-order valence-electron chi connectivity index (χ2n) is 7.40. The molecule has 158 valence electrons. The van der Waals surface area contributed by atoms with Crippen molar-refractivity contribution >= 4 is 5.82 Å². The van der Waals surface area contributed by atoms with Gasteiger partial charge in [0.1, 0.15) is 11.6 Å². The van der Waals surface area contributed by atoms with E-state index in [1.807, 2.05) is 25.5 Å².